The monoisotopic (exact) mass is 710 g/mol. The zero-order chi connectivity index (χ0) is 31.6. The van der Waals surface area contributed by atoms with Crippen LogP contribution in [0, 0.1) is 7.14 Å². The van der Waals surface area contributed by atoms with Crippen molar-refractivity contribution in [2.24, 2.45) is 0 Å². The van der Waals surface area contributed by atoms with E-state index in [0.29, 0.717) is 22.3 Å². The van der Waals surface area contributed by atoms with Crippen LogP contribution in [0.4, 0.5) is 0 Å². The van der Waals surface area contributed by atoms with E-state index in [4.69, 9.17) is 9.47 Å². The van der Waals surface area contributed by atoms with E-state index in [-0.39, 0.29) is 42.3 Å². The van der Waals surface area contributed by atoms with Crippen LogP contribution >= 0.6 is 0 Å². The maximum Gasteiger partial charge on any atom is 0.357 e. The van der Waals surface area contributed by atoms with Crippen molar-refractivity contribution in [1.29, 1.82) is 0 Å². The molecule has 0 saturated heterocycles. The maximum atomic E-state index is 11.6. The van der Waals surface area contributed by atoms with Crippen molar-refractivity contribution in [2.45, 2.75) is 57.3 Å². The third-order valence-electron chi connectivity index (χ3n) is 7.23. The Hall–Kier alpha value is -3.14. The summed E-state index contributed by atoms with van der Waals surface area (Å²) in [6, 6.07) is 30.2. The molecule has 7 heteroatoms. The van der Waals surface area contributed by atoms with E-state index in [9.17, 15) is 13.0 Å². The Labute approximate surface area is 266 Å². The number of rotatable bonds is 5. The molecule has 5 aromatic carbocycles. The van der Waals surface area contributed by atoms with E-state index in [1.54, 1.807) is 12.1 Å². The Balaban J connectivity index is 0.000000197. The molecule has 0 radical (unpaired) electrons. The van der Waals surface area contributed by atoms with Crippen LogP contribution in [-0.2, 0) is 20.9 Å². The lowest BCUT2D eigenvalue weighted by Crippen LogP contribution is -3.61. The molecule has 0 aromatic heterocycles. The standard InChI is InChI=1S/C20H26I.C16H14O5S/c1-19(2,3)15-7-11-17(12-8-15)21-18-13-9-16(10-14-18)20(4,5)6;1-20-15-10-6-3-4-7-11(10)16(21-2)14-12(15)8-5-9-13(14)22(17,18)19/h7-14H,1-6H3;3-9H,1-2H3,(H,17,18,19)/q+1;/p-1. The zero-order valence-corrected chi connectivity index (χ0v) is 29.0. The van der Waals surface area contributed by atoms with Gasteiger partial charge in [-0.25, -0.2) is 8.42 Å². The minimum absolute atomic E-state index is 0.0703. The van der Waals surface area contributed by atoms with Crippen molar-refractivity contribution in [3.63, 3.8) is 0 Å². The molecule has 43 heavy (non-hydrogen) atoms. The SMILES string of the molecule is CC(C)(C)c1ccc([I+]c2ccc(C(C)(C)C)cc2)cc1.COc1c2ccccc2c(OC)c2c(S(=O)(=O)[O-])cccc12. The van der Waals surface area contributed by atoms with Gasteiger partial charge in [-0.3, -0.25) is 0 Å². The molecule has 0 fully saturated rings. The van der Waals surface area contributed by atoms with Gasteiger partial charge < -0.3 is 14.0 Å². The van der Waals surface area contributed by atoms with Gasteiger partial charge in [-0.2, -0.15) is 0 Å². The lowest BCUT2D eigenvalue weighted by molar-refractivity contribution is -0.597. The van der Waals surface area contributed by atoms with Crippen LogP contribution in [0.25, 0.3) is 21.5 Å². The summed E-state index contributed by atoms with van der Waals surface area (Å²) in [5.74, 6) is 0.860. The van der Waals surface area contributed by atoms with Crippen LogP contribution in [0.1, 0.15) is 52.7 Å². The first-order chi connectivity index (χ1) is 20.1. The topological polar surface area (TPSA) is 75.7 Å². The average Bonchev–Trinajstić information content (AvgIpc) is 2.95. The number of benzene rings is 5. The summed E-state index contributed by atoms with van der Waals surface area (Å²) in [5, 5.41) is 2.24. The third kappa shape index (κ3) is 7.51. The van der Waals surface area contributed by atoms with Crippen LogP contribution in [-0.4, -0.2) is 27.2 Å². The van der Waals surface area contributed by atoms with Gasteiger partial charge in [-0.15, -0.1) is 0 Å². The van der Waals surface area contributed by atoms with Gasteiger partial charge in [0, 0.05) is 21.5 Å². The minimum atomic E-state index is -4.64. The van der Waals surface area contributed by atoms with E-state index in [1.807, 2.05) is 18.2 Å². The first-order valence-corrected chi connectivity index (χ1v) is 17.6. The number of fused-ring (bicyclic) bond motifs is 2. The van der Waals surface area contributed by atoms with E-state index in [0.717, 1.165) is 5.39 Å². The highest BCUT2D eigenvalue weighted by molar-refractivity contribution is 7.86. The molecule has 0 bridgehead atoms. The first-order valence-electron chi connectivity index (χ1n) is 14.0. The lowest BCUT2D eigenvalue weighted by atomic mass is 9.87. The fourth-order valence-electron chi connectivity index (χ4n) is 4.91. The quantitative estimate of drug-likeness (QED) is 0.140. The van der Waals surface area contributed by atoms with Gasteiger partial charge in [-0.05, 0) is 52.3 Å². The minimum Gasteiger partial charge on any atom is -0.744 e. The molecule has 0 heterocycles. The second-order valence-electron chi connectivity index (χ2n) is 12.4. The summed E-state index contributed by atoms with van der Waals surface area (Å²) in [5.41, 5.74) is 3.31. The second-order valence-corrected chi connectivity index (χ2v) is 16.7. The molecule has 5 rings (SSSR count). The molecule has 0 spiro atoms. The molecule has 0 aliphatic carbocycles. The van der Waals surface area contributed by atoms with Crippen LogP contribution in [0.2, 0.25) is 0 Å². The molecule has 0 unspecified atom stereocenters. The smallest absolute Gasteiger partial charge is 0.357 e. The second kappa shape index (κ2) is 12.8. The Morgan fingerprint density at radius 2 is 1.00 bits per heavy atom. The predicted molar refractivity (Wildman–Crippen MR) is 170 cm³/mol. The van der Waals surface area contributed by atoms with Gasteiger partial charge >= 0.3 is 21.2 Å². The Bertz CT molecular complexity index is 1780. The average molecular weight is 711 g/mol. The van der Waals surface area contributed by atoms with Crippen LogP contribution < -0.4 is 30.7 Å². The number of methoxy groups -OCH3 is 2. The highest BCUT2D eigenvalue weighted by atomic mass is 127. The first kappa shape index (κ1) is 32.8. The fraction of sp³-hybridized carbons (Fsp3) is 0.278. The predicted octanol–water partition coefficient (Wildman–Crippen LogP) is 5.32. The maximum absolute atomic E-state index is 11.6. The summed E-state index contributed by atoms with van der Waals surface area (Å²) < 4.78 is 48.7. The number of ether oxygens (including phenoxy) is 2. The normalized spacial score (nSPS) is 12.1. The molecule has 0 atom stereocenters. The molecule has 0 aliphatic rings. The van der Waals surface area contributed by atoms with Crippen molar-refractivity contribution in [1.82, 2.24) is 0 Å². The summed E-state index contributed by atoms with van der Waals surface area (Å²) in [7, 11) is -1.69. The fourth-order valence-corrected chi connectivity index (χ4v) is 7.76. The van der Waals surface area contributed by atoms with E-state index < -0.39 is 10.1 Å². The number of hydrogen-bond acceptors (Lipinski definition) is 5. The van der Waals surface area contributed by atoms with Crippen molar-refractivity contribution in [3.05, 3.63) is 109 Å². The van der Waals surface area contributed by atoms with Crippen LogP contribution in [0.15, 0.2) is 95.9 Å². The molecular weight excluding hydrogens is 671 g/mol. The largest absolute Gasteiger partial charge is 0.744 e. The van der Waals surface area contributed by atoms with Crippen LogP contribution in [0.3, 0.4) is 0 Å². The van der Waals surface area contributed by atoms with Crippen molar-refractivity contribution in [3.8, 4) is 11.5 Å². The van der Waals surface area contributed by atoms with Gasteiger partial charge in [0.15, 0.2) is 7.14 Å². The zero-order valence-electron chi connectivity index (χ0n) is 26.0. The van der Waals surface area contributed by atoms with Gasteiger partial charge in [0.25, 0.3) is 0 Å². The summed E-state index contributed by atoms with van der Waals surface area (Å²) in [6.45, 7) is 13.6. The van der Waals surface area contributed by atoms with Gasteiger partial charge in [0.1, 0.15) is 21.6 Å². The van der Waals surface area contributed by atoms with Crippen molar-refractivity contribution in [2.75, 3.05) is 14.2 Å². The number of halogens is 1. The van der Waals surface area contributed by atoms with Crippen molar-refractivity contribution >= 4 is 31.7 Å². The highest BCUT2D eigenvalue weighted by Gasteiger charge is 2.21. The van der Waals surface area contributed by atoms with Gasteiger partial charge in [-0.1, -0.05) is 102 Å². The Morgan fingerprint density at radius 3 is 1.40 bits per heavy atom. The van der Waals surface area contributed by atoms with Gasteiger partial charge in [0.05, 0.1) is 19.1 Å². The Kier molecular flexibility index (Phi) is 9.79. The molecule has 5 nitrogen and oxygen atoms in total. The van der Waals surface area contributed by atoms with Crippen LogP contribution in [0.5, 0.6) is 11.5 Å². The van der Waals surface area contributed by atoms with E-state index >= 15 is 0 Å². The molecule has 5 aromatic rings. The van der Waals surface area contributed by atoms with E-state index in [1.165, 1.54) is 44.6 Å². The highest BCUT2D eigenvalue weighted by Crippen LogP contribution is 2.44. The molecule has 0 aliphatic heterocycles. The molecule has 0 N–H and O–H groups in total. The number of hydrogen-bond donors (Lipinski definition) is 0. The molecular formula is C36H39IO5S. The third-order valence-corrected chi connectivity index (χ3v) is 10.8. The summed E-state index contributed by atoms with van der Waals surface area (Å²) in [6.07, 6.45) is 0. The van der Waals surface area contributed by atoms with E-state index in [2.05, 4.69) is 90.1 Å². The lowest BCUT2D eigenvalue weighted by Gasteiger charge is -2.18. The molecule has 0 saturated carbocycles. The molecule has 226 valence electrons. The summed E-state index contributed by atoms with van der Waals surface area (Å²) >= 11 is -0.0703. The van der Waals surface area contributed by atoms with Gasteiger partial charge in [0.2, 0.25) is 0 Å². The van der Waals surface area contributed by atoms with Crippen molar-refractivity contribution < 1.29 is 43.6 Å². The molecule has 0 amide bonds. The Morgan fingerprint density at radius 1 is 0.581 bits per heavy atom. The summed E-state index contributed by atoms with van der Waals surface area (Å²) in [4.78, 5) is -0.314.